The summed E-state index contributed by atoms with van der Waals surface area (Å²) < 4.78 is 40.9. The molecule has 0 atom stereocenters. The van der Waals surface area contributed by atoms with Crippen LogP contribution in [0.4, 0.5) is 30.6 Å². The van der Waals surface area contributed by atoms with E-state index in [-0.39, 0.29) is 11.8 Å². The van der Waals surface area contributed by atoms with Gasteiger partial charge in [0.15, 0.2) is 11.6 Å². The lowest BCUT2D eigenvalue weighted by molar-refractivity contribution is 0.499. The summed E-state index contributed by atoms with van der Waals surface area (Å²) in [5, 5.41) is 5.22. The molecule has 0 radical (unpaired) electrons. The van der Waals surface area contributed by atoms with Crippen LogP contribution >= 0.6 is 0 Å². The fourth-order valence-corrected chi connectivity index (χ4v) is 2.05. The second-order valence-corrected chi connectivity index (χ2v) is 4.80. The summed E-state index contributed by atoms with van der Waals surface area (Å²) in [6.45, 7) is 0. The highest BCUT2D eigenvalue weighted by Gasteiger charge is 2.15. The van der Waals surface area contributed by atoms with Gasteiger partial charge in [-0.1, -0.05) is 0 Å². The van der Waals surface area contributed by atoms with E-state index in [4.69, 9.17) is 0 Å². The Labute approximate surface area is 135 Å². The van der Waals surface area contributed by atoms with Gasteiger partial charge in [-0.25, -0.2) is 18.2 Å². The zero-order chi connectivity index (χ0) is 17.1. The summed E-state index contributed by atoms with van der Waals surface area (Å²) in [5.41, 5.74) is 0.565. The van der Waals surface area contributed by atoms with E-state index in [9.17, 15) is 13.2 Å². The van der Waals surface area contributed by atoms with E-state index < -0.39 is 23.1 Å². The molecular formula is C16H12F3N5. The first kappa shape index (κ1) is 15.7. The van der Waals surface area contributed by atoms with Crippen LogP contribution in [0.1, 0.15) is 0 Å². The quantitative estimate of drug-likeness (QED) is 0.713. The van der Waals surface area contributed by atoms with Crippen molar-refractivity contribution in [2.75, 3.05) is 17.7 Å². The lowest BCUT2D eigenvalue weighted by Gasteiger charge is -2.11. The largest absolute Gasteiger partial charge is 0.357 e. The molecule has 3 aromatic rings. The molecule has 2 N–H and O–H groups in total. The SMILES string of the molecule is CNc1nc(Nc2c(F)ccc(F)c2F)cc(-c2cccnc2)n1. The number of halogens is 3. The fourth-order valence-electron chi connectivity index (χ4n) is 2.05. The molecule has 0 bridgehead atoms. The number of pyridine rings is 1. The molecule has 0 saturated heterocycles. The summed E-state index contributed by atoms with van der Waals surface area (Å²) in [6, 6.07) is 6.55. The third kappa shape index (κ3) is 3.12. The average molecular weight is 331 g/mol. The van der Waals surface area contributed by atoms with Crippen LogP contribution in [-0.2, 0) is 0 Å². The number of aromatic nitrogens is 3. The van der Waals surface area contributed by atoms with Gasteiger partial charge in [-0.2, -0.15) is 4.98 Å². The van der Waals surface area contributed by atoms with Crippen LogP contribution in [0, 0.1) is 17.5 Å². The number of rotatable bonds is 4. The molecule has 0 aliphatic carbocycles. The third-order valence-electron chi connectivity index (χ3n) is 3.20. The number of nitrogens with one attached hydrogen (secondary N) is 2. The molecule has 0 aliphatic rings. The zero-order valence-corrected chi connectivity index (χ0v) is 12.5. The second-order valence-electron chi connectivity index (χ2n) is 4.80. The van der Waals surface area contributed by atoms with Gasteiger partial charge in [0.25, 0.3) is 0 Å². The van der Waals surface area contributed by atoms with Crippen LogP contribution < -0.4 is 10.6 Å². The second kappa shape index (κ2) is 6.53. The highest BCUT2D eigenvalue weighted by Crippen LogP contribution is 2.27. The van der Waals surface area contributed by atoms with Crippen molar-refractivity contribution in [1.82, 2.24) is 15.0 Å². The number of hydrogen-bond acceptors (Lipinski definition) is 5. The van der Waals surface area contributed by atoms with Crippen molar-refractivity contribution >= 4 is 17.5 Å². The number of nitrogens with zero attached hydrogens (tertiary/aromatic N) is 3. The topological polar surface area (TPSA) is 62.7 Å². The van der Waals surface area contributed by atoms with Crippen molar-refractivity contribution in [2.24, 2.45) is 0 Å². The van der Waals surface area contributed by atoms with Crippen LogP contribution in [0.2, 0.25) is 0 Å². The molecule has 0 fully saturated rings. The number of anilines is 3. The smallest absolute Gasteiger partial charge is 0.224 e. The first-order valence-electron chi connectivity index (χ1n) is 6.96. The minimum Gasteiger partial charge on any atom is -0.357 e. The molecule has 122 valence electrons. The van der Waals surface area contributed by atoms with Crippen molar-refractivity contribution in [3.8, 4) is 11.3 Å². The Bertz CT molecular complexity index is 871. The molecule has 2 aromatic heterocycles. The lowest BCUT2D eigenvalue weighted by atomic mass is 10.2. The Morgan fingerprint density at radius 3 is 2.50 bits per heavy atom. The number of benzene rings is 1. The van der Waals surface area contributed by atoms with Gasteiger partial charge in [0, 0.05) is 31.1 Å². The molecule has 3 rings (SSSR count). The van der Waals surface area contributed by atoms with Gasteiger partial charge in [0.05, 0.1) is 5.69 Å². The molecule has 0 spiro atoms. The third-order valence-corrected chi connectivity index (χ3v) is 3.20. The van der Waals surface area contributed by atoms with E-state index >= 15 is 0 Å². The van der Waals surface area contributed by atoms with Crippen LogP contribution in [-0.4, -0.2) is 22.0 Å². The van der Waals surface area contributed by atoms with Crippen molar-refractivity contribution in [3.05, 3.63) is 60.2 Å². The zero-order valence-electron chi connectivity index (χ0n) is 12.5. The van der Waals surface area contributed by atoms with Gasteiger partial charge < -0.3 is 10.6 Å². The van der Waals surface area contributed by atoms with Gasteiger partial charge in [0.2, 0.25) is 5.95 Å². The van der Waals surface area contributed by atoms with E-state index in [1.165, 1.54) is 6.07 Å². The summed E-state index contributed by atoms with van der Waals surface area (Å²) in [5.74, 6) is -3.06. The predicted octanol–water partition coefficient (Wildman–Crippen LogP) is 3.74. The van der Waals surface area contributed by atoms with Crippen molar-refractivity contribution in [2.45, 2.75) is 0 Å². The van der Waals surface area contributed by atoms with Crippen molar-refractivity contribution < 1.29 is 13.2 Å². The van der Waals surface area contributed by atoms with E-state index in [0.717, 1.165) is 12.1 Å². The fraction of sp³-hybridized carbons (Fsp3) is 0.0625. The minimum absolute atomic E-state index is 0.108. The van der Waals surface area contributed by atoms with Crippen LogP contribution in [0.25, 0.3) is 11.3 Å². The molecule has 5 nitrogen and oxygen atoms in total. The summed E-state index contributed by atoms with van der Waals surface area (Å²) in [6.07, 6.45) is 3.20. The maximum Gasteiger partial charge on any atom is 0.224 e. The molecule has 0 saturated carbocycles. The van der Waals surface area contributed by atoms with Crippen LogP contribution in [0.3, 0.4) is 0 Å². The van der Waals surface area contributed by atoms with Gasteiger partial charge in [-0.05, 0) is 24.3 Å². The molecule has 1 aromatic carbocycles. The van der Waals surface area contributed by atoms with Crippen LogP contribution in [0.15, 0.2) is 42.7 Å². The maximum atomic E-state index is 13.8. The molecule has 0 amide bonds. The summed E-state index contributed by atoms with van der Waals surface area (Å²) in [7, 11) is 1.61. The highest BCUT2D eigenvalue weighted by atomic mass is 19.2. The molecule has 0 unspecified atom stereocenters. The predicted molar refractivity (Wildman–Crippen MR) is 84.4 cm³/mol. The minimum atomic E-state index is -1.32. The standard InChI is InChI=1S/C16H12F3N5/c1-20-16-22-12(9-3-2-6-21-8-9)7-13(24-16)23-15-11(18)5-4-10(17)14(15)19/h2-8H,1H3,(H2,20,22,23,24). The van der Waals surface area contributed by atoms with Gasteiger partial charge in [-0.3, -0.25) is 4.98 Å². The Kier molecular flexibility index (Phi) is 4.28. The number of hydrogen-bond donors (Lipinski definition) is 2. The maximum absolute atomic E-state index is 13.8. The van der Waals surface area contributed by atoms with Gasteiger partial charge in [0.1, 0.15) is 17.3 Å². The van der Waals surface area contributed by atoms with Gasteiger partial charge in [-0.15, -0.1) is 0 Å². The molecule has 24 heavy (non-hydrogen) atoms. The average Bonchev–Trinajstić information content (AvgIpc) is 2.62. The highest BCUT2D eigenvalue weighted by molar-refractivity contribution is 5.67. The van der Waals surface area contributed by atoms with E-state index in [1.807, 2.05) is 0 Å². The Balaban J connectivity index is 2.04. The molecular weight excluding hydrogens is 319 g/mol. The first-order valence-corrected chi connectivity index (χ1v) is 6.96. The van der Waals surface area contributed by atoms with Gasteiger partial charge >= 0.3 is 0 Å². The normalized spacial score (nSPS) is 10.5. The Morgan fingerprint density at radius 2 is 1.79 bits per heavy atom. The Morgan fingerprint density at radius 1 is 1.00 bits per heavy atom. The summed E-state index contributed by atoms with van der Waals surface area (Å²) >= 11 is 0. The lowest BCUT2D eigenvalue weighted by Crippen LogP contribution is -2.05. The van der Waals surface area contributed by atoms with E-state index in [0.29, 0.717) is 11.3 Å². The Hall–Kier alpha value is -3.16. The summed E-state index contributed by atoms with van der Waals surface area (Å²) in [4.78, 5) is 12.3. The van der Waals surface area contributed by atoms with E-state index in [2.05, 4.69) is 25.6 Å². The molecule has 8 heteroatoms. The van der Waals surface area contributed by atoms with Crippen molar-refractivity contribution in [1.29, 1.82) is 0 Å². The molecule has 0 aliphatic heterocycles. The molecule has 2 heterocycles. The van der Waals surface area contributed by atoms with E-state index in [1.54, 1.807) is 31.6 Å². The first-order chi connectivity index (χ1) is 11.6. The monoisotopic (exact) mass is 331 g/mol. The van der Waals surface area contributed by atoms with Crippen LogP contribution in [0.5, 0.6) is 0 Å². The van der Waals surface area contributed by atoms with Crippen molar-refractivity contribution in [3.63, 3.8) is 0 Å².